The molecule has 0 aliphatic heterocycles. The van der Waals surface area contributed by atoms with E-state index in [1.54, 1.807) is 6.08 Å². The molecule has 1 fully saturated rings. The van der Waals surface area contributed by atoms with Crippen molar-refractivity contribution in [3.05, 3.63) is 24.3 Å². The van der Waals surface area contributed by atoms with Crippen LogP contribution >= 0.6 is 0 Å². The highest BCUT2D eigenvalue weighted by molar-refractivity contribution is 5.66. The minimum atomic E-state index is -0.777. The normalized spacial score (nSPS) is 27.0. The van der Waals surface area contributed by atoms with Crippen molar-refractivity contribution in [3.8, 4) is 0 Å². The molecule has 0 radical (unpaired) electrons. The van der Waals surface area contributed by atoms with Crippen LogP contribution in [0.15, 0.2) is 24.3 Å². The lowest BCUT2D eigenvalue weighted by molar-refractivity contribution is -0.137. The Hall–Kier alpha value is -1.17. The molecule has 4 N–H and O–H groups in total. The third-order valence-electron chi connectivity index (χ3n) is 5.42. The number of aliphatic carboxylic acids is 1. The van der Waals surface area contributed by atoms with Crippen molar-refractivity contribution in [2.24, 2.45) is 11.8 Å². The lowest BCUT2D eigenvalue weighted by atomic mass is 9.88. The molecule has 0 amide bonds. The molecule has 0 heterocycles. The van der Waals surface area contributed by atoms with Crippen molar-refractivity contribution >= 4 is 5.97 Å². The van der Waals surface area contributed by atoms with Crippen LogP contribution < -0.4 is 0 Å². The molecule has 0 aromatic heterocycles. The Labute approximate surface area is 163 Å². The number of allylic oxidation sites excluding steroid dienone is 1. The van der Waals surface area contributed by atoms with Gasteiger partial charge in [-0.15, -0.1) is 0 Å². The van der Waals surface area contributed by atoms with E-state index in [-0.39, 0.29) is 18.3 Å². The molecular formula is C22H38O5. The van der Waals surface area contributed by atoms with Crippen LogP contribution in [0.1, 0.15) is 77.6 Å². The molecule has 1 aliphatic carbocycles. The fraction of sp³-hybridized carbons (Fsp3) is 0.773. The number of hydrogen-bond acceptors (Lipinski definition) is 4. The van der Waals surface area contributed by atoms with Crippen LogP contribution in [0.3, 0.4) is 0 Å². The largest absolute Gasteiger partial charge is 0.481 e. The van der Waals surface area contributed by atoms with Crippen LogP contribution in [-0.2, 0) is 4.79 Å². The van der Waals surface area contributed by atoms with Crippen molar-refractivity contribution in [1.82, 2.24) is 0 Å². The third kappa shape index (κ3) is 10.1. The summed E-state index contributed by atoms with van der Waals surface area (Å²) in [6.07, 6.45) is 14.8. The van der Waals surface area contributed by atoms with Gasteiger partial charge >= 0.3 is 5.97 Å². The third-order valence-corrected chi connectivity index (χ3v) is 5.42. The molecule has 0 aromatic carbocycles. The van der Waals surface area contributed by atoms with E-state index in [0.29, 0.717) is 19.3 Å². The maximum atomic E-state index is 10.5. The van der Waals surface area contributed by atoms with Gasteiger partial charge in [-0.25, -0.2) is 0 Å². The second-order valence-electron chi connectivity index (χ2n) is 7.76. The Balaban J connectivity index is 2.39. The molecular weight excluding hydrogens is 344 g/mol. The summed E-state index contributed by atoms with van der Waals surface area (Å²) in [4.78, 5) is 10.5. The van der Waals surface area contributed by atoms with Crippen LogP contribution in [0.2, 0.25) is 0 Å². The highest BCUT2D eigenvalue weighted by atomic mass is 16.4. The van der Waals surface area contributed by atoms with E-state index in [1.165, 1.54) is 19.3 Å². The first-order valence-corrected chi connectivity index (χ1v) is 10.5. The van der Waals surface area contributed by atoms with Crippen molar-refractivity contribution in [2.75, 3.05) is 0 Å². The van der Waals surface area contributed by atoms with Crippen molar-refractivity contribution in [1.29, 1.82) is 0 Å². The summed E-state index contributed by atoms with van der Waals surface area (Å²) >= 11 is 0. The zero-order valence-corrected chi connectivity index (χ0v) is 16.7. The van der Waals surface area contributed by atoms with Gasteiger partial charge in [0.15, 0.2) is 0 Å². The van der Waals surface area contributed by atoms with Gasteiger partial charge in [-0.1, -0.05) is 56.9 Å². The SMILES string of the molecule is CCCCC/C=C\C[C@@H](O)/C=C/[C@@H]1[C@H](CCCCCC(=O)O)[C@@H](O)C[C@H]1O. The second-order valence-corrected chi connectivity index (χ2v) is 7.76. The first-order chi connectivity index (χ1) is 13.0. The van der Waals surface area contributed by atoms with Crippen LogP contribution in [-0.4, -0.2) is 44.7 Å². The molecule has 1 saturated carbocycles. The van der Waals surface area contributed by atoms with E-state index in [0.717, 1.165) is 25.7 Å². The average Bonchev–Trinajstić information content (AvgIpc) is 2.88. The second kappa shape index (κ2) is 13.9. The highest BCUT2D eigenvalue weighted by Crippen LogP contribution is 2.37. The van der Waals surface area contributed by atoms with E-state index in [1.807, 2.05) is 12.2 Å². The molecule has 1 aliphatic rings. The van der Waals surface area contributed by atoms with Gasteiger partial charge in [-0.2, -0.15) is 0 Å². The Kier molecular flexibility index (Phi) is 12.3. The molecule has 0 bridgehead atoms. The van der Waals surface area contributed by atoms with Crippen molar-refractivity contribution in [3.63, 3.8) is 0 Å². The zero-order valence-electron chi connectivity index (χ0n) is 16.7. The quantitative estimate of drug-likeness (QED) is 0.270. The van der Waals surface area contributed by atoms with Crippen molar-refractivity contribution < 1.29 is 25.2 Å². The molecule has 0 saturated heterocycles. The number of carboxylic acids is 1. The predicted molar refractivity (Wildman–Crippen MR) is 107 cm³/mol. The van der Waals surface area contributed by atoms with E-state index in [2.05, 4.69) is 13.0 Å². The summed E-state index contributed by atoms with van der Waals surface area (Å²) in [5.41, 5.74) is 0. The summed E-state index contributed by atoms with van der Waals surface area (Å²) in [5.74, 6) is -0.957. The van der Waals surface area contributed by atoms with Gasteiger partial charge < -0.3 is 20.4 Å². The molecule has 156 valence electrons. The van der Waals surface area contributed by atoms with Gasteiger partial charge in [-0.05, 0) is 38.0 Å². The number of rotatable bonds is 14. The van der Waals surface area contributed by atoms with Crippen molar-refractivity contribution in [2.45, 2.75) is 95.9 Å². The lowest BCUT2D eigenvalue weighted by Crippen LogP contribution is -2.21. The molecule has 5 nitrogen and oxygen atoms in total. The predicted octanol–water partition coefficient (Wildman–Crippen LogP) is 3.82. The van der Waals surface area contributed by atoms with Gasteiger partial charge in [0.1, 0.15) is 0 Å². The Morgan fingerprint density at radius 2 is 1.85 bits per heavy atom. The summed E-state index contributed by atoms with van der Waals surface area (Å²) in [6.45, 7) is 2.18. The number of aliphatic hydroxyl groups excluding tert-OH is 3. The summed E-state index contributed by atoms with van der Waals surface area (Å²) < 4.78 is 0. The molecule has 0 spiro atoms. The van der Waals surface area contributed by atoms with Gasteiger partial charge in [-0.3, -0.25) is 4.79 Å². The molecule has 0 unspecified atom stereocenters. The Morgan fingerprint density at radius 3 is 2.56 bits per heavy atom. The minimum absolute atomic E-state index is 0.0298. The Morgan fingerprint density at radius 1 is 1.07 bits per heavy atom. The lowest BCUT2D eigenvalue weighted by Gasteiger charge is -2.21. The number of unbranched alkanes of at least 4 members (excludes halogenated alkanes) is 5. The van der Waals surface area contributed by atoms with Gasteiger partial charge in [0, 0.05) is 18.8 Å². The molecule has 1 rings (SSSR count). The first-order valence-electron chi connectivity index (χ1n) is 10.5. The topological polar surface area (TPSA) is 98.0 Å². The average molecular weight is 383 g/mol. The van der Waals surface area contributed by atoms with E-state index in [4.69, 9.17) is 5.11 Å². The smallest absolute Gasteiger partial charge is 0.303 e. The van der Waals surface area contributed by atoms with Crippen LogP contribution in [0, 0.1) is 11.8 Å². The summed E-state index contributed by atoms with van der Waals surface area (Å²) in [5, 5.41) is 39.2. The fourth-order valence-electron chi connectivity index (χ4n) is 3.81. The summed E-state index contributed by atoms with van der Waals surface area (Å²) in [6, 6.07) is 0. The monoisotopic (exact) mass is 382 g/mol. The van der Waals surface area contributed by atoms with Gasteiger partial charge in [0.05, 0.1) is 18.3 Å². The minimum Gasteiger partial charge on any atom is -0.481 e. The highest BCUT2D eigenvalue weighted by Gasteiger charge is 2.39. The molecule has 0 aromatic rings. The number of hydrogen-bond donors (Lipinski definition) is 4. The fourth-order valence-corrected chi connectivity index (χ4v) is 3.81. The van der Waals surface area contributed by atoms with E-state index >= 15 is 0 Å². The van der Waals surface area contributed by atoms with Gasteiger partial charge in [0.25, 0.3) is 0 Å². The maximum Gasteiger partial charge on any atom is 0.303 e. The molecule has 5 heteroatoms. The molecule has 27 heavy (non-hydrogen) atoms. The Bertz CT molecular complexity index is 460. The molecule has 5 atom stereocenters. The van der Waals surface area contributed by atoms with Crippen LogP contribution in [0.4, 0.5) is 0 Å². The summed E-state index contributed by atoms with van der Waals surface area (Å²) in [7, 11) is 0. The first kappa shape index (κ1) is 23.9. The van der Waals surface area contributed by atoms with E-state index in [9.17, 15) is 20.1 Å². The maximum absolute atomic E-state index is 10.5. The zero-order chi connectivity index (χ0) is 20.1. The van der Waals surface area contributed by atoms with E-state index < -0.39 is 24.3 Å². The van der Waals surface area contributed by atoms with Crippen LogP contribution in [0.5, 0.6) is 0 Å². The van der Waals surface area contributed by atoms with Crippen LogP contribution in [0.25, 0.3) is 0 Å². The number of aliphatic hydroxyl groups is 3. The number of carboxylic acid groups (broad SMARTS) is 1. The van der Waals surface area contributed by atoms with Gasteiger partial charge in [0.2, 0.25) is 0 Å². The standard InChI is InChI=1S/C22H38O5/c1-2-3-4-5-6-8-11-17(23)14-15-19-18(20(24)16-21(19)25)12-9-7-10-13-22(26)27/h6,8,14-15,17-21,23-25H,2-5,7,9-13,16H2,1H3,(H,26,27)/b8-6-,15-14+/t17-,18+,19-,20+,21-/m1/s1. The number of carbonyl (C=O) groups is 1.